The number of fused-ring (bicyclic) bond motifs is 2. The fourth-order valence-corrected chi connectivity index (χ4v) is 5.05. The number of aliphatic hydroxyl groups is 1. The standard InChI is InChI=1S/C24H15N3O5S/c28-21(14-5-6-16-17(11-14)32-12-31-16)19-20(13-7-9-25-10-8-13)27(23(30)22(19)29)24-26-15-3-1-2-4-18(15)33-24/h1-11,20,28H,12H2/b21-19+. The van der Waals surface area contributed by atoms with Crippen LogP contribution in [0.5, 0.6) is 11.5 Å². The molecule has 0 aliphatic carbocycles. The van der Waals surface area contributed by atoms with Crippen LogP contribution < -0.4 is 14.4 Å². The van der Waals surface area contributed by atoms with Gasteiger partial charge < -0.3 is 14.6 Å². The van der Waals surface area contributed by atoms with Gasteiger partial charge in [0.05, 0.1) is 21.8 Å². The lowest BCUT2D eigenvalue weighted by Gasteiger charge is -2.22. The van der Waals surface area contributed by atoms with Crippen molar-refractivity contribution in [2.24, 2.45) is 0 Å². The van der Waals surface area contributed by atoms with Crippen molar-refractivity contribution in [3.63, 3.8) is 0 Å². The summed E-state index contributed by atoms with van der Waals surface area (Å²) in [5, 5.41) is 11.6. The Morgan fingerprint density at radius 2 is 1.82 bits per heavy atom. The number of ether oxygens (including phenoxy) is 2. The molecule has 0 radical (unpaired) electrons. The van der Waals surface area contributed by atoms with Crippen molar-refractivity contribution in [1.82, 2.24) is 9.97 Å². The molecule has 2 aromatic carbocycles. The molecule has 0 spiro atoms. The molecule has 2 aliphatic heterocycles. The minimum atomic E-state index is -0.862. The van der Waals surface area contributed by atoms with Gasteiger partial charge in [0.25, 0.3) is 5.78 Å². The topological polar surface area (TPSA) is 102 Å². The highest BCUT2D eigenvalue weighted by Gasteiger charge is 2.48. The Labute approximate surface area is 191 Å². The van der Waals surface area contributed by atoms with Crippen LogP contribution in [-0.2, 0) is 9.59 Å². The molecule has 2 aliphatic rings. The van der Waals surface area contributed by atoms with Crippen molar-refractivity contribution >= 4 is 44.1 Å². The van der Waals surface area contributed by atoms with Crippen molar-refractivity contribution in [3.05, 3.63) is 83.7 Å². The van der Waals surface area contributed by atoms with E-state index in [1.807, 2.05) is 24.3 Å². The number of pyridine rings is 1. The van der Waals surface area contributed by atoms with Gasteiger partial charge in [-0.05, 0) is 48.0 Å². The SMILES string of the molecule is O=C1C(=O)N(c2nc3ccccc3s2)C(c2ccncc2)/C1=C(\O)c1ccc2c(c1)OCO2. The van der Waals surface area contributed by atoms with Crippen molar-refractivity contribution in [2.45, 2.75) is 6.04 Å². The van der Waals surface area contributed by atoms with Gasteiger partial charge in [-0.1, -0.05) is 23.5 Å². The van der Waals surface area contributed by atoms with Crippen LogP contribution in [0.25, 0.3) is 16.0 Å². The molecule has 1 amide bonds. The van der Waals surface area contributed by atoms with Crippen LogP contribution >= 0.6 is 11.3 Å². The summed E-state index contributed by atoms with van der Waals surface area (Å²) in [6.07, 6.45) is 3.16. The van der Waals surface area contributed by atoms with Gasteiger partial charge in [-0.2, -0.15) is 0 Å². The molecule has 8 nitrogen and oxygen atoms in total. The van der Waals surface area contributed by atoms with Gasteiger partial charge in [0.15, 0.2) is 16.6 Å². The van der Waals surface area contributed by atoms with E-state index in [1.54, 1.807) is 42.7 Å². The zero-order chi connectivity index (χ0) is 22.5. The average molecular weight is 457 g/mol. The molecule has 1 N–H and O–H groups in total. The van der Waals surface area contributed by atoms with Crippen LogP contribution in [0.1, 0.15) is 17.2 Å². The number of hydrogen-bond donors (Lipinski definition) is 1. The van der Waals surface area contributed by atoms with Crippen LogP contribution in [0.2, 0.25) is 0 Å². The number of aliphatic hydroxyl groups excluding tert-OH is 1. The van der Waals surface area contributed by atoms with E-state index in [0.717, 1.165) is 10.2 Å². The van der Waals surface area contributed by atoms with Gasteiger partial charge in [0.2, 0.25) is 6.79 Å². The number of nitrogens with zero attached hydrogens (tertiary/aromatic N) is 3. The molecule has 33 heavy (non-hydrogen) atoms. The number of Topliss-reactive ketones (excluding diaryl/α,β-unsaturated/α-hetero) is 1. The zero-order valence-electron chi connectivity index (χ0n) is 17.0. The van der Waals surface area contributed by atoms with E-state index in [9.17, 15) is 14.7 Å². The van der Waals surface area contributed by atoms with Crippen molar-refractivity contribution in [3.8, 4) is 11.5 Å². The van der Waals surface area contributed by atoms with Crippen molar-refractivity contribution < 1.29 is 24.2 Å². The van der Waals surface area contributed by atoms with Gasteiger partial charge in [-0.3, -0.25) is 19.5 Å². The number of anilines is 1. The number of carbonyl (C=O) groups excluding carboxylic acids is 2. The highest BCUT2D eigenvalue weighted by Crippen LogP contribution is 2.45. The number of benzene rings is 2. The summed E-state index contributed by atoms with van der Waals surface area (Å²) < 4.78 is 11.6. The molecule has 6 rings (SSSR count). The van der Waals surface area contributed by atoms with Gasteiger partial charge in [-0.15, -0.1) is 0 Å². The molecule has 1 atom stereocenters. The van der Waals surface area contributed by atoms with Crippen LogP contribution in [0.3, 0.4) is 0 Å². The van der Waals surface area contributed by atoms with E-state index >= 15 is 0 Å². The second kappa shape index (κ2) is 7.42. The number of para-hydroxylation sites is 1. The predicted octanol–water partition coefficient (Wildman–Crippen LogP) is 4.05. The smallest absolute Gasteiger partial charge is 0.301 e. The van der Waals surface area contributed by atoms with Crippen LogP contribution in [0.15, 0.2) is 72.6 Å². The minimum absolute atomic E-state index is 0.0238. The molecule has 4 heterocycles. The third-order valence-electron chi connectivity index (χ3n) is 5.60. The predicted molar refractivity (Wildman–Crippen MR) is 121 cm³/mol. The number of carbonyl (C=O) groups is 2. The monoisotopic (exact) mass is 457 g/mol. The molecule has 1 unspecified atom stereocenters. The Hall–Kier alpha value is -4.24. The lowest BCUT2D eigenvalue weighted by atomic mass is 9.96. The van der Waals surface area contributed by atoms with E-state index in [4.69, 9.17) is 9.47 Å². The highest BCUT2D eigenvalue weighted by molar-refractivity contribution is 7.22. The Bertz CT molecular complexity index is 1430. The molecule has 4 aromatic rings. The van der Waals surface area contributed by atoms with E-state index in [0.29, 0.717) is 27.8 Å². The van der Waals surface area contributed by atoms with Crippen LogP contribution in [-0.4, -0.2) is 33.6 Å². The van der Waals surface area contributed by atoms with E-state index < -0.39 is 17.7 Å². The quantitative estimate of drug-likeness (QED) is 0.281. The largest absolute Gasteiger partial charge is 0.507 e. The lowest BCUT2D eigenvalue weighted by Crippen LogP contribution is -2.29. The van der Waals surface area contributed by atoms with E-state index in [-0.39, 0.29) is 18.1 Å². The molecule has 162 valence electrons. The summed E-state index contributed by atoms with van der Waals surface area (Å²) in [5.41, 5.74) is 1.68. The maximum atomic E-state index is 13.2. The molecule has 0 saturated carbocycles. The molecular formula is C24H15N3O5S. The average Bonchev–Trinajstić information content (AvgIpc) is 3.55. The van der Waals surface area contributed by atoms with Crippen LogP contribution in [0, 0.1) is 0 Å². The number of amides is 1. The third-order valence-corrected chi connectivity index (χ3v) is 6.64. The number of ketones is 1. The summed E-state index contributed by atoms with van der Waals surface area (Å²) >= 11 is 1.31. The van der Waals surface area contributed by atoms with Gasteiger partial charge in [0, 0.05) is 18.0 Å². The zero-order valence-corrected chi connectivity index (χ0v) is 17.8. The van der Waals surface area contributed by atoms with E-state index in [2.05, 4.69) is 9.97 Å². The van der Waals surface area contributed by atoms with Crippen LogP contribution in [0.4, 0.5) is 5.13 Å². The van der Waals surface area contributed by atoms with E-state index in [1.165, 1.54) is 16.2 Å². The summed E-state index contributed by atoms with van der Waals surface area (Å²) in [4.78, 5) is 36.4. The Morgan fingerprint density at radius 3 is 2.64 bits per heavy atom. The second-order valence-corrected chi connectivity index (χ2v) is 8.49. The second-order valence-electron chi connectivity index (χ2n) is 7.48. The van der Waals surface area contributed by atoms with Crippen molar-refractivity contribution in [2.75, 3.05) is 11.7 Å². The number of thiazole rings is 1. The Balaban J connectivity index is 1.55. The van der Waals surface area contributed by atoms with Crippen molar-refractivity contribution in [1.29, 1.82) is 0 Å². The maximum absolute atomic E-state index is 13.2. The minimum Gasteiger partial charge on any atom is -0.507 e. The Kier molecular flexibility index (Phi) is 4.37. The molecule has 9 heteroatoms. The third kappa shape index (κ3) is 3.05. The normalized spacial score (nSPS) is 18.9. The molecule has 1 saturated heterocycles. The summed E-state index contributed by atoms with van der Waals surface area (Å²) in [6.45, 7) is 0.0819. The maximum Gasteiger partial charge on any atom is 0.301 e. The summed E-state index contributed by atoms with van der Waals surface area (Å²) in [5.74, 6) is -0.825. The molecule has 0 bridgehead atoms. The van der Waals surface area contributed by atoms with Gasteiger partial charge >= 0.3 is 5.91 Å². The molecule has 1 fully saturated rings. The fourth-order valence-electron chi connectivity index (χ4n) is 4.05. The molecular weight excluding hydrogens is 442 g/mol. The summed E-state index contributed by atoms with van der Waals surface area (Å²) in [6, 6.07) is 14.9. The fraction of sp³-hybridized carbons (Fsp3) is 0.0833. The molecule has 2 aromatic heterocycles. The first-order chi connectivity index (χ1) is 16.1. The van der Waals surface area contributed by atoms with Gasteiger partial charge in [-0.25, -0.2) is 4.98 Å². The lowest BCUT2D eigenvalue weighted by molar-refractivity contribution is -0.132. The Morgan fingerprint density at radius 1 is 1.03 bits per heavy atom. The first-order valence-corrected chi connectivity index (χ1v) is 10.9. The first kappa shape index (κ1) is 19.4. The highest BCUT2D eigenvalue weighted by atomic mass is 32.1. The number of hydrogen-bond acceptors (Lipinski definition) is 8. The summed E-state index contributed by atoms with van der Waals surface area (Å²) in [7, 11) is 0. The first-order valence-electron chi connectivity index (χ1n) is 10.1. The van der Waals surface area contributed by atoms with Gasteiger partial charge in [0.1, 0.15) is 5.76 Å². The number of aromatic nitrogens is 2. The number of rotatable bonds is 3.